The number of H-pyrrole nitrogens is 1. The third kappa shape index (κ3) is 7.49. The second-order valence-electron chi connectivity index (χ2n) is 12.7. The van der Waals surface area contributed by atoms with Crippen LogP contribution in [0.5, 0.6) is 0 Å². The van der Waals surface area contributed by atoms with Crippen LogP contribution in [0.15, 0.2) is 47.5 Å². The van der Waals surface area contributed by atoms with Crippen LogP contribution in [-0.2, 0) is 11.3 Å². The Morgan fingerprint density at radius 3 is 2.29 bits per heavy atom. The molecule has 240 valence electrons. The number of hydrogen-bond acceptors (Lipinski definition) is 6. The number of rotatable bonds is 8. The van der Waals surface area contributed by atoms with Gasteiger partial charge in [-0.15, -0.1) is 10.2 Å². The molecule has 3 aromatic rings. The van der Waals surface area contributed by atoms with Crippen LogP contribution < -0.4 is 5.32 Å². The molecule has 1 spiro atoms. The number of aromatic nitrogens is 4. The summed E-state index contributed by atoms with van der Waals surface area (Å²) < 4.78 is 41.1. The minimum Gasteiger partial charge on any atom is -0.345 e. The lowest BCUT2D eigenvalue weighted by molar-refractivity contribution is -0.147. The SMILES string of the molecule is CC(C)(C)C1CCC2(CC1)N=C(c1cc(Cl)cc(Cl)c1)C(=O)N2[C@H](CCC(F)(F)F)c1ccc(C(=O)NCc2nn[nH]n2)cc1. The lowest BCUT2D eigenvalue weighted by atomic mass is 9.69. The molecule has 2 aromatic carbocycles. The van der Waals surface area contributed by atoms with Gasteiger partial charge < -0.3 is 10.2 Å². The van der Waals surface area contributed by atoms with E-state index in [0.29, 0.717) is 45.8 Å². The van der Waals surface area contributed by atoms with E-state index in [0.717, 1.165) is 12.8 Å². The molecule has 2 N–H and O–H groups in total. The number of aromatic amines is 1. The number of hydrogen-bond donors (Lipinski definition) is 2. The number of carbonyl (C=O) groups is 2. The van der Waals surface area contributed by atoms with Crippen molar-refractivity contribution in [1.29, 1.82) is 0 Å². The minimum atomic E-state index is -4.45. The molecule has 1 atom stereocenters. The first kappa shape index (κ1) is 32.9. The Morgan fingerprint density at radius 1 is 1.09 bits per heavy atom. The number of tetrazole rings is 1. The molecule has 0 bridgehead atoms. The molecule has 14 heteroatoms. The molecule has 5 rings (SSSR count). The topological polar surface area (TPSA) is 116 Å². The summed E-state index contributed by atoms with van der Waals surface area (Å²) >= 11 is 12.6. The molecule has 0 unspecified atom stereocenters. The van der Waals surface area contributed by atoms with Gasteiger partial charge in [0.05, 0.1) is 12.6 Å². The van der Waals surface area contributed by atoms with Crippen LogP contribution in [0.1, 0.15) is 92.6 Å². The van der Waals surface area contributed by atoms with E-state index in [1.54, 1.807) is 35.2 Å². The molecule has 2 heterocycles. The second kappa shape index (κ2) is 12.7. The van der Waals surface area contributed by atoms with Gasteiger partial charge in [-0.2, -0.15) is 18.4 Å². The van der Waals surface area contributed by atoms with Crippen molar-refractivity contribution in [1.82, 2.24) is 30.8 Å². The van der Waals surface area contributed by atoms with Crippen LogP contribution in [0, 0.1) is 11.3 Å². The Morgan fingerprint density at radius 2 is 1.73 bits per heavy atom. The molecule has 1 aliphatic carbocycles. The van der Waals surface area contributed by atoms with Crippen LogP contribution in [0.4, 0.5) is 13.2 Å². The summed E-state index contributed by atoms with van der Waals surface area (Å²) in [6.45, 7) is 6.55. The number of benzene rings is 2. The van der Waals surface area contributed by atoms with E-state index in [2.05, 4.69) is 46.7 Å². The zero-order valence-corrected chi connectivity index (χ0v) is 26.6. The Kier molecular flexibility index (Phi) is 9.28. The van der Waals surface area contributed by atoms with E-state index >= 15 is 0 Å². The number of aliphatic imine (C=N–C) groups is 1. The third-order valence-electron chi connectivity index (χ3n) is 8.70. The highest BCUT2D eigenvalue weighted by molar-refractivity contribution is 6.47. The molecule has 2 aliphatic rings. The van der Waals surface area contributed by atoms with Crippen molar-refractivity contribution in [2.45, 2.75) is 83.7 Å². The Hall–Kier alpha value is -3.51. The van der Waals surface area contributed by atoms with Crippen molar-refractivity contribution in [3.05, 3.63) is 75.0 Å². The molecule has 1 aromatic heterocycles. The largest absolute Gasteiger partial charge is 0.389 e. The van der Waals surface area contributed by atoms with E-state index in [1.807, 2.05) is 0 Å². The summed E-state index contributed by atoms with van der Waals surface area (Å²) in [7, 11) is 0. The summed E-state index contributed by atoms with van der Waals surface area (Å²) in [5.41, 5.74) is 0.289. The predicted octanol–water partition coefficient (Wildman–Crippen LogP) is 7.08. The van der Waals surface area contributed by atoms with Crippen LogP contribution in [0.3, 0.4) is 0 Å². The van der Waals surface area contributed by atoms with Gasteiger partial charge in [0.2, 0.25) is 0 Å². The van der Waals surface area contributed by atoms with Crippen molar-refractivity contribution in [3.8, 4) is 0 Å². The van der Waals surface area contributed by atoms with Crippen molar-refractivity contribution >= 4 is 40.7 Å². The highest BCUT2D eigenvalue weighted by Crippen LogP contribution is 2.50. The number of nitrogens with one attached hydrogen (secondary N) is 2. The van der Waals surface area contributed by atoms with Crippen molar-refractivity contribution in [2.75, 3.05) is 0 Å². The first-order valence-corrected chi connectivity index (χ1v) is 15.5. The monoisotopic (exact) mass is 663 g/mol. The molecular weight excluding hydrogens is 630 g/mol. The molecule has 0 saturated heterocycles. The maximum absolute atomic E-state index is 14.3. The molecule has 9 nitrogen and oxygen atoms in total. The van der Waals surface area contributed by atoms with Crippen LogP contribution >= 0.6 is 23.2 Å². The number of carbonyl (C=O) groups excluding carboxylic acids is 2. The van der Waals surface area contributed by atoms with Crippen molar-refractivity contribution in [2.24, 2.45) is 16.3 Å². The normalized spacial score (nSPS) is 21.2. The highest BCUT2D eigenvalue weighted by Gasteiger charge is 2.53. The van der Waals surface area contributed by atoms with Gasteiger partial charge in [0.1, 0.15) is 11.4 Å². The van der Waals surface area contributed by atoms with Gasteiger partial charge in [-0.1, -0.05) is 61.3 Å². The fourth-order valence-corrected chi connectivity index (χ4v) is 6.87. The lowest BCUT2D eigenvalue weighted by Crippen LogP contribution is -2.51. The first-order chi connectivity index (χ1) is 21.1. The average molecular weight is 665 g/mol. The van der Waals surface area contributed by atoms with E-state index < -0.39 is 36.1 Å². The van der Waals surface area contributed by atoms with E-state index in [-0.39, 0.29) is 29.7 Å². The first-order valence-electron chi connectivity index (χ1n) is 14.7. The maximum atomic E-state index is 14.3. The zero-order chi connectivity index (χ0) is 32.6. The summed E-state index contributed by atoms with van der Waals surface area (Å²) in [4.78, 5) is 33.6. The fourth-order valence-electron chi connectivity index (χ4n) is 6.34. The fraction of sp³-hybridized carbons (Fsp3) is 0.484. The summed E-state index contributed by atoms with van der Waals surface area (Å²) in [5.74, 6) is -0.241. The predicted molar refractivity (Wildman–Crippen MR) is 164 cm³/mol. The van der Waals surface area contributed by atoms with Crippen LogP contribution in [0.25, 0.3) is 0 Å². The minimum absolute atomic E-state index is 0.0257. The number of nitrogens with zero attached hydrogens (tertiary/aromatic N) is 5. The average Bonchev–Trinajstić information content (AvgIpc) is 3.58. The van der Waals surface area contributed by atoms with Gasteiger partial charge in [-0.3, -0.25) is 14.6 Å². The van der Waals surface area contributed by atoms with Gasteiger partial charge in [0.15, 0.2) is 5.82 Å². The van der Waals surface area contributed by atoms with Gasteiger partial charge >= 0.3 is 6.18 Å². The summed E-state index contributed by atoms with van der Waals surface area (Å²) in [6.07, 6.45) is -3.42. The lowest BCUT2D eigenvalue weighted by Gasteiger charge is -2.47. The van der Waals surface area contributed by atoms with Crippen LogP contribution in [0.2, 0.25) is 10.0 Å². The number of halogens is 5. The smallest absolute Gasteiger partial charge is 0.345 e. The molecular formula is C31H34Cl2F3N7O2. The van der Waals surface area contributed by atoms with Crippen molar-refractivity contribution < 1.29 is 22.8 Å². The molecule has 45 heavy (non-hydrogen) atoms. The molecule has 2 amide bonds. The summed E-state index contributed by atoms with van der Waals surface area (Å²) in [6, 6.07) is 10.0. The molecule has 1 aliphatic heterocycles. The van der Waals surface area contributed by atoms with Crippen LogP contribution in [-0.4, -0.2) is 54.9 Å². The maximum Gasteiger partial charge on any atom is 0.389 e. The Balaban J connectivity index is 1.51. The van der Waals surface area contributed by atoms with E-state index in [1.165, 1.54) is 12.1 Å². The highest BCUT2D eigenvalue weighted by atomic mass is 35.5. The molecule has 1 fully saturated rings. The summed E-state index contributed by atoms with van der Waals surface area (Å²) in [5, 5.41) is 16.6. The van der Waals surface area contributed by atoms with E-state index in [4.69, 9.17) is 28.2 Å². The van der Waals surface area contributed by atoms with E-state index in [9.17, 15) is 22.8 Å². The number of amides is 2. The third-order valence-corrected chi connectivity index (χ3v) is 9.14. The number of alkyl halides is 3. The zero-order valence-electron chi connectivity index (χ0n) is 25.1. The van der Waals surface area contributed by atoms with Crippen molar-refractivity contribution in [3.63, 3.8) is 0 Å². The van der Waals surface area contributed by atoms with Gasteiger partial charge in [-0.25, -0.2) is 0 Å². The van der Waals surface area contributed by atoms with Gasteiger partial charge in [-0.05, 0) is 79.3 Å². The Bertz CT molecular complexity index is 1540. The van der Waals surface area contributed by atoms with Gasteiger partial charge in [0, 0.05) is 27.6 Å². The standard InChI is InChI=1S/C31H34Cl2F3N7O2/c1-29(2,3)21-8-11-30(12-9-21)38-26(20-14-22(32)16-23(33)15-20)28(45)43(30)24(10-13-31(34,35)36)18-4-6-19(7-5-18)27(44)37-17-25-39-41-42-40-25/h4-7,14-16,21,24H,8-13,17H2,1-3H3,(H,37,44)(H,39,40,41,42)/t21?,24-,30?/m1/s1. The molecule has 1 saturated carbocycles. The second-order valence-corrected chi connectivity index (χ2v) is 13.6. The molecule has 0 radical (unpaired) electrons. The van der Waals surface area contributed by atoms with Gasteiger partial charge in [0.25, 0.3) is 11.8 Å². The quantitative estimate of drug-likeness (QED) is 0.267. The Labute approximate surface area is 269 Å².